The molecule has 1 saturated carbocycles. The first-order valence-corrected chi connectivity index (χ1v) is 12.1. The molecule has 0 aromatic heterocycles. The molecule has 0 spiro atoms. The maximum absolute atomic E-state index is 12.9. The molecule has 0 bridgehead atoms. The zero-order chi connectivity index (χ0) is 22.0. The Balaban J connectivity index is 1.43. The molecule has 1 aliphatic heterocycles. The lowest BCUT2D eigenvalue weighted by Crippen LogP contribution is -2.39. The van der Waals surface area contributed by atoms with Crippen molar-refractivity contribution in [2.75, 3.05) is 18.4 Å². The van der Waals surface area contributed by atoms with Gasteiger partial charge in [0.2, 0.25) is 10.0 Å². The van der Waals surface area contributed by atoms with Crippen LogP contribution in [0.25, 0.3) is 0 Å². The lowest BCUT2D eigenvalue weighted by molar-refractivity contribution is 0.0949. The number of sulfonamides is 1. The number of piperidine rings is 1. The van der Waals surface area contributed by atoms with Gasteiger partial charge in [0.05, 0.1) is 4.90 Å². The molecule has 8 heteroatoms. The summed E-state index contributed by atoms with van der Waals surface area (Å²) in [5.74, 6) is -0.175. The van der Waals surface area contributed by atoms with Gasteiger partial charge in [-0.2, -0.15) is 4.31 Å². The summed E-state index contributed by atoms with van der Waals surface area (Å²) < 4.78 is 27.3. The molecule has 164 valence electrons. The number of nitrogens with one attached hydrogen (secondary N) is 2. The third-order valence-corrected chi connectivity index (χ3v) is 7.55. The number of benzene rings is 2. The predicted molar refractivity (Wildman–Crippen MR) is 118 cm³/mol. The van der Waals surface area contributed by atoms with E-state index in [-0.39, 0.29) is 22.8 Å². The number of carbonyl (C=O) groups is 2. The van der Waals surface area contributed by atoms with Crippen molar-refractivity contribution in [3.05, 3.63) is 59.7 Å². The fourth-order valence-electron chi connectivity index (χ4n) is 3.73. The second-order valence-electron chi connectivity index (χ2n) is 8.42. The monoisotopic (exact) mass is 441 g/mol. The molecule has 31 heavy (non-hydrogen) atoms. The summed E-state index contributed by atoms with van der Waals surface area (Å²) in [6, 6.07) is 13.0. The average molecular weight is 442 g/mol. The second-order valence-corrected chi connectivity index (χ2v) is 10.4. The van der Waals surface area contributed by atoms with Crippen molar-refractivity contribution in [3.8, 4) is 0 Å². The van der Waals surface area contributed by atoms with E-state index in [4.69, 9.17) is 0 Å². The summed E-state index contributed by atoms with van der Waals surface area (Å²) in [6.45, 7) is 3.11. The predicted octanol–water partition coefficient (Wildman–Crippen LogP) is 3.25. The Labute approximate surface area is 182 Å². The van der Waals surface area contributed by atoms with Crippen LogP contribution in [0.5, 0.6) is 0 Å². The van der Waals surface area contributed by atoms with Gasteiger partial charge in [0, 0.05) is 35.9 Å². The van der Waals surface area contributed by atoms with Gasteiger partial charge >= 0.3 is 0 Å². The van der Waals surface area contributed by atoms with Crippen molar-refractivity contribution < 1.29 is 18.0 Å². The van der Waals surface area contributed by atoms with Gasteiger partial charge in [-0.1, -0.05) is 13.0 Å². The molecule has 2 amide bonds. The van der Waals surface area contributed by atoms with Crippen molar-refractivity contribution in [3.63, 3.8) is 0 Å². The summed E-state index contributed by atoms with van der Waals surface area (Å²) in [4.78, 5) is 25.0. The van der Waals surface area contributed by atoms with Crippen molar-refractivity contribution in [1.29, 1.82) is 0 Å². The Hall–Kier alpha value is -2.71. The molecule has 2 aliphatic rings. The van der Waals surface area contributed by atoms with Gasteiger partial charge in [0.25, 0.3) is 11.8 Å². The molecule has 2 N–H and O–H groups in total. The van der Waals surface area contributed by atoms with Crippen LogP contribution in [0.3, 0.4) is 0 Å². The van der Waals surface area contributed by atoms with Crippen LogP contribution in [0.2, 0.25) is 0 Å². The maximum Gasteiger partial charge on any atom is 0.255 e. The van der Waals surface area contributed by atoms with Crippen LogP contribution in [0, 0.1) is 5.92 Å². The van der Waals surface area contributed by atoms with E-state index in [1.54, 1.807) is 24.3 Å². The number of hydrogen-bond donors (Lipinski definition) is 2. The van der Waals surface area contributed by atoms with Crippen LogP contribution in [-0.4, -0.2) is 43.7 Å². The maximum atomic E-state index is 12.9. The second kappa shape index (κ2) is 8.80. The number of hydrogen-bond acceptors (Lipinski definition) is 4. The lowest BCUT2D eigenvalue weighted by Gasteiger charge is -2.30. The van der Waals surface area contributed by atoms with E-state index in [0.29, 0.717) is 35.8 Å². The van der Waals surface area contributed by atoms with Crippen molar-refractivity contribution >= 4 is 27.5 Å². The van der Waals surface area contributed by atoms with E-state index in [1.165, 1.54) is 28.6 Å². The number of nitrogens with zero attached hydrogens (tertiary/aromatic N) is 1. The third-order valence-electron chi connectivity index (χ3n) is 5.67. The van der Waals surface area contributed by atoms with E-state index in [9.17, 15) is 18.0 Å². The topological polar surface area (TPSA) is 95.6 Å². The average Bonchev–Trinajstić information content (AvgIpc) is 3.58. The van der Waals surface area contributed by atoms with Gasteiger partial charge in [0.15, 0.2) is 0 Å². The minimum atomic E-state index is -3.56. The molecule has 4 rings (SSSR count). The molecule has 2 fully saturated rings. The van der Waals surface area contributed by atoms with E-state index in [0.717, 1.165) is 25.7 Å². The van der Waals surface area contributed by atoms with Gasteiger partial charge in [-0.25, -0.2) is 8.42 Å². The highest BCUT2D eigenvalue weighted by atomic mass is 32.2. The van der Waals surface area contributed by atoms with Crippen molar-refractivity contribution in [2.45, 2.75) is 43.5 Å². The summed E-state index contributed by atoms with van der Waals surface area (Å²) in [5, 5.41) is 5.69. The van der Waals surface area contributed by atoms with Crippen LogP contribution < -0.4 is 10.6 Å². The molecular weight excluding hydrogens is 414 g/mol. The standard InChI is InChI=1S/C23H27N3O4S/c1-16-4-3-13-26(15-16)31(29,30)21-11-7-17(8-12-21)22(27)25-20-6-2-5-18(14-20)23(28)24-19-9-10-19/h2,5-8,11-12,14,16,19H,3-4,9-10,13,15H2,1H3,(H,24,28)(H,25,27)/t16-/m1/s1. The van der Waals surface area contributed by atoms with E-state index < -0.39 is 10.0 Å². The zero-order valence-corrected chi connectivity index (χ0v) is 18.3. The normalized spacial score (nSPS) is 19.6. The SMILES string of the molecule is C[C@@H]1CCCN(S(=O)(=O)c2ccc(C(=O)Nc3cccc(C(=O)NC4CC4)c3)cc2)C1. The van der Waals surface area contributed by atoms with E-state index in [2.05, 4.69) is 17.6 Å². The first-order valence-electron chi connectivity index (χ1n) is 10.7. The molecule has 1 aliphatic carbocycles. The van der Waals surface area contributed by atoms with Crippen LogP contribution in [0.1, 0.15) is 53.3 Å². The van der Waals surface area contributed by atoms with Crippen LogP contribution in [-0.2, 0) is 10.0 Å². The number of rotatable bonds is 6. The number of carbonyl (C=O) groups excluding carboxylic acids is 2. The quantitative estimate of drug-likeness (QED) is 0.719. The van der Waals surface area contributed by atoms with Crippen molar-refractivity contribution in [2.24, 2.45) is 5.92 Å². The fraction of sp³-hybridized carbons (Fsp3) is 0.391. The molecule has 2 aromatic rings. The minimum Gasteiger partial charge on any atom is -0.349 e. The molecule has 7 nitrogen and oxygen atoms in total. The summed E-state index contributed by atoms with van der Waals surface area (Å²) >= 11 is 0. The summed E-state index contributed by atoms with van der Waals surface area (Å²) in [6.07, 6.45) is 3.91. The Kier molecular flexibility index (Phi) is 6.11. The smallest absolute Gasteiger partial charge is 0.255 e. The molecule has 1 saturated heterocycles. The number of amides is 2. The highest BCUT2D eigenvalue weighted by Gasteiger charge is 2.28. The zero-order valence-electron chi connectivity index (χ0n) is 17.5. The van der Waals surface area contributed by atoms with E-state index >= 15 is 0 Å². The van der Waals surface area contributed by atoms with Gasteiger partial charge in [-0.15, -0.1) is 0 Å². The molecular formula is C23H27N3O4S. The van der Waals surface area contributed by atoms with Crippen LogP contribution >= 0.6 is 0 Å². The third kappa shape index (κ3) is 5.14. The largest absolute Gasteiger partial charge is 0.349 e. The highest BCUT2D eigenvalue weighted by molar-refractivity contribution is 7.89. The Morgan fingerprint density at radius 1 is 0.968 bits per heavy atom. The summed E-state index contributed by atoms with van der Waals surface area (Å²) in [7, 11) is -3.56. The molecule has 1 heterocycles. The van der Waals surface area contributed by atoms with Crippen LogP contribution in [0.4, 0.5) is 5.69 Å². The molecule has 0 radical (unpaired) electrons. The summed E-state index contributed by atoms with van der Waals surface area (Å²) in [5.41, 5.74) is 1.34. The van der Waals surface area contributed by atoms with Crippen LogP contribution in [0.15, 0.2) is 53.4 Å². The highest BCUT2D eigenvalue weighted by Crippen LogP contribution is 2.24. The molecule has 1 atom stereocenters. The van der Waals surface area contributed by atoms with E-state index in [1.807, 2.05) is 0 Å². The van der Waals surface area contributed by atoms with Crippen molar-refractivity contribution in [1.82, 2.24) is 9.62 Å². The fourth-order valence-corrected chi connectivity index (χ4v) is 5.33. The van der Waals surface area contributed by atoms with Gasteiger partial charge < -0.3 is 10.6 Å². The number of anilines is 1. The Morgan fingerprint density at radius 3 is 2.39 bits per heavy atom. The minimum absolute atomic E-state index is 0.153. The van der Waals surface area contributed by atoms with Gasteiger partial charge in [-0.05, 0) is 74.1 Å². The first-order chi connectivity index (χ1) is 14.8. The molecule has 2 aromatic carbocycles. The Morgan fingerprint density at radius 2 is 1.71 bits per heavy atom. The molecule has 0 unspecified atom stereocenters. The Bertz CT molecular complexity index is 1080. The van der Waals surface area contributed by atoms with Gasteiger partial charge in [0.1, 0.15) is 0 Å². The first kappa shape index (κ1) is 21.5. The lowest BCUT2D eigenvalue weighted by atomic mass is 10.0. The van der Waals surface area contributed by atoms with Gasteiger partial charge in [-0.3, -0.25) is 9.59 Å².